The molecule has 0 saturated carbocycles. The molecule has 6 nitrogen and oxygen atoms in total. The fourth-order valence-electron chi connectivity index (χ4n) is 4.58. The molecule has 4 aromatic rings. The van der Waals surface area contributed by atoms with Gasteiger partial charge in [-0.1, -0.05) is 12.1 Å². The highest BCUT2D eigenvalue weighted by molar-refractivity contribution is 5.83. The zero-order chi connectivity index (χ0) is 19.2. The minimum absolute atomic E-state index is 0.0815. The molecule has 2 aromatic heterocycles. The first-order chi connectivity index (χ1) is 14.4. The molecule has 2 aliphatic rings. The summed E-state index contributed by atoms with van der Waals surface area (Å²) < 4.78 is 20.0. The number of hydrogen-bond acceptors (Lipinski definition) is 5. The van der Waals surface area contributed by atoms with E-state index in [1.54, 1.807) is 0 Å². The van der Waals surface area contributed by atoms with Gasteiger partial charge in [0.15, 0.2) is 5.58 Å². The average Bonchev–Trinajstić information content (AvgIpc) is 3.51. The van der Waals surface area contributed by atoms with Crippen LogP contribution in [0.25, 0.3) is 33.6 Å². The maximum atomic E-state index is 6.01. The molecule has 0 N–H and O–H groups in total. The molecule has 4 heterocycles. The topological polar surface area (TPSA) is 62.3 Å². The third-order valence-corrected chi connectivity index (χ3v) is 6.03. The van der Waals surface area contributed by atoms with Crippen molar-refractivity contribution in [1.29, 1.82) is 0 Å². The third-order valence-electron chi connectivity index (χ3n) is 6.03. The van der Waals surface area contributed by atoms with Crippen molar-refractivity contribution < 1.29 is 13.9 Å². The van der Waals surface area contributed by atoms with Crippen LogP contribution >= 0.6 is 0 Å². The Hall–Kier alpha value is -2.70. The van der Waals surface area contributed by atoms with E-state index in [2.05, 4.69) is 27.8 Å². The lowest BCUT2D eigenvalue weighted by Gasteiger charge is -2.27. The largest absolute Gasteiger partial charge is 0.436 e. The van der Waals surface area contributed by atoms with Gasteiger partial charge in [0, 0.05) is 31.4 Å². The van der Waals surface area contributed by atoms with Crippen molar-refractivity contribution in [1.82, 2.24) is 14.5 Å². The van der Waals surface area contributed by atoms with E-state index in [9.17, 15) is 0 Å². The summed E-state index contributed by atoms with van der Waals surface area (Å²) in [6.07, 6.45) is 4.23. The lowest BCUT2D eigenvalue weighted by Crippen LogP contribution is -2.22. The maximum absolute atomic E-state index is 6.01. The smallest absolute Gasteiger partial charge is 0.227 e. The Kier molecular flexibility index (Phi) is 4.13. The second-order valence-electron chi connectivity index (χ2n) is 7.88. The summed E-state index contributed by atoms with van der Waals surface area (Å²) in [4.78, 5) is 9.68. The van der Waals surface area contributed by atoms with E-state index in [4.69, 9.17) is 18.9 Å². The third kappa shape index (κ3) is 2.94. The van der Waals surface area contributed by atoms with Gasteiger partial charge in [0.1, 0.15) is 17.4 Å². The highest BCUT2D eigenvalue weighted by Gasteiger charge is 2.29. The summed E-state index contributed by atoms with van der Waals surface area (Å²) in [5.41, 5.74) is 4.75. The number of hydrogen-bond donors (Lipinski definition) is 0. The number of oxazole rings is 1. The van der Waals surface area contributed by atoms with Gasteiger partial charge in [-0.2, -0.15) is 0 Å². The van der Waals surface area contributed by atoms with Gasteiger partial charge in [0.25, 0.3) is 0 Å². The van der Waals surface area contributed by atoms with Crippen LogP contribution in [0.2, 0.25) is 0 Å². The highest BCUT2D eigenvalue weighted by Crippen LogP contribution is 2.36. The molecular weight excluding hydrogens is 366 g/mol. The number of fused-ring (bicyclic) bond motifs is 2. The van der Waals surface area contributed by atoms with Crippen LogP contribution in [-0.2, 0) is 9.47 Å². The van der Waals surface area contributed by atoms with Gasteiger partial charge in [-0.25, -0.2) is 9.97 Å². The van der Waals surface area contributed by atoms with Crippen molar-refractivity contribution in [3.05, 3.63) is 48.3 Å². The van der Waals surface area contributed by atoms with Gasteiger partial charge in [-0.05, 0) is 56.0 Å². The van der Waals surface area contributed by atoms with Crippen LogP contribution in [0.15, 0.2) is 46.9 Å². The molecule has 29 heavy (non-hydrogen) atoms. The number of imidazole rings is 1. The fourth-order valence-corrected chi connectivity index (χ4v) is 4.58. The number of para-hydroxylation sites is 2. The van der Waals surface area contributed by atoms with Gasteiger partial charge >= 0.3 is 0 Å². The molecular formula is C23H23N3O3. The van der Waals surface area contributed by atoms with E-state index < -0.39 is 0 Å². The maximum Gasteiger partial charge on any atom is 0.227 e. The Morgan fingerprint density at radius 1 is 0.897 bits per heavy atom. The summed E-state index contributed by atoms with van der Waals surface area (Å²) in [5.74, 6) is 1.69. The molecule has 0 aliphatic carbocycles. The van der Waals surface area contributed by atoms with Crippen molar-refractivity contribution in [2.75, 3.05) is 19.8 Å². The number of ether oxygens (including phenoxy) is 2. The molecule has 0 bridgehead atoms. The Labute approximate surface area is 168 Å². The van der Waals surface area contributed by atoms with E-state index in [0.29, 0.717) is 11.9 Å². The van der Waals surface area contributed by atoms with Crippen LogP contribution in [-0.4, -0.2) is 34.4 Å². The summed E-state index contributed by atoms with van der Waals surface area (Å²) in [6.45, 7) is 2.42. The Morgan fingerprint density at radius 3 is 2.62 bits per heavy atom. The molecule has 2 aromatic carbocycles. The molecule has 2 aliphatic heterocycles. The van der Waals surface area contributed by atoms with Crippen LogP contribution in [0.5, 0.6) is 0 Å². The first-order valence-electron chi connectivity index (χ1n) is 10.4. The second-order valence-corrected chi connectivity index (χ2v) is 7.88. The number of rotatable bonds is 3. The van der Waals surface area contributed by atoms with Gasteiger partial charge in [-0.15, -0.1) is 0 Å². The van der Waals surface area contributed by atoms with Crippen molar-refractivity contribution in [2.45, 2.75) is 37.8 Å². The Balaban J connectivity index is 1.47. The number of benzene rings is 2. The Bertz CT molecular complexity index is 1130. The highest BCUT2D eigenvalue weighted by atomic mass is 16.5. The monoisotopic (exact) mass is 389 g/mol. The van der Waals surface area contributed by atoms with Gasteiger partial charge < -0.3 is 18.5 Å². The molecule has 0 unspecified atom stereocenters. The van der Waals surface area contributed by atoms with Crippen LogP contribution in [0, 0.1) is 0 Å². The molecule has 0 radical (unpaired) electrons. The standard InChI is InChI=1S/C23H23N3O3/c1-2-5-20-17(4-1)25-23(29-20)15-7-8-19-18(14-15)24-22(21-6-3-11-28-21)26(19)16-9-12-27-13-10-16/h1-2,4-5,7-8,14,16,21H,3,6,9-13H2/t21-/m1/s1. The predicted molar refractivity (Wildman–Crippen MR) is 110 cm³/mol. The molecule has 0 spiro atoms. The van der Waals surface area contributed by atoms with Crippen LogP contribution < -0.4 is 0 Å². The minimum Gasteiger partial charge on any atom is -0.436 e. The van der Waals surface area contributed by atoms with Crippen LogP contribution in [0.4, 0.5) is 0 Å². The lowest BCUT2D eigenvalue weighted by molar-refractivity contribution is 0.0626. The zero-order valence-electron chi connectivity index (χ0n) is 16.2. The van der Waals surface area contributed by atoms with Crippen LogP contribution in [0.3, 0.4) is 0 Å². The molecule has 1 atom stereocenters. The van der Waals surface area contributed by atoms with E-state index in [1.807, 2.05) is 24.3 Å². The van der Waals surface area contributed by atoms with Gasteiger partial charge in [0.05, 0.1) is 11.0 Å². The SMILES string of the molecule is c1ccc2oc(-c3ccc4c(c3)nc([C@H]3CCCO3)n4C3CCOCC3)nc2c1. The first kappa shape index (κ1) is 17.2. The van der Waals surface area contributed by atoms with Crippen molar-refractivity contribution in [3.8, 4) is 11.5 Å². The van der Waals surface area contributed by atoms with E-state index in [0.717, 1.165) is 79.0 Å². The zero-order valence-corrected chi connectivity index (χ0v) is 16.2. The molecule has 2 saturated heterocycles. The summed E-state index contributed by atoms with van der Waals surface area (Å²) >= 11 is 0. The van der Waals surface area contributed by atoms with E-state index in [1.165, 1.54) is 0 Å². The molecule has 6 heteroatoms. The van der Waals surface area contributed by atoms with E-state index >= 15 is 0 Å². The normalized spacial score (nSPS) is 20.8. The van der Waals surface area contributed by atoms with Gasteiger partial charge in [0.2, 0.25) is 5.89 Å². The second kappa shape index (κ2) is 6.97. The molecule has 148 valence electrons. The average molecular weight is 389 g/mol. The first-order valence-corrected chi connectivity index (χ1v) is 10.4. The molecule has 6 rings (SSSR count). The minimum atomic E-state index is 0.0815. The quantitative estimate of drug-likeness (QED) is 0.491. The Morgan fingerprint density at radius 2 is 1.79 bits per heavy atom. The molecule has 2 fully saturated rings. The fraction of sp³-hybridized carbons (Fsp3) is 0.391. The molecule has 0 amide bonds. The van der Waals surface area contributed by atoms with Crippen molar-refractivity contribution >= 4 is 22.1 Å². The van der Waals surface area contributed by atoms with Crippen LogP contribution in [0.1, 0.15) is 43.7 Å². The predicted octanol–water partition coefficient (Wildman–Crippen LogP) is 5.05. The van der Waals surface area contributed by atoms with Gasteiger partial charge in [-0.3, -0.25) is 0 Å². The summed E-state index contributed by atoms with van der Waals surface area (Å²) in [7, 11) is 0. The summed E-state index contributed by atoms with van der Waals surface area (Å²) in [6, 6.07) is 14.6. The van der Waals surface area contributed by atoms with E-state index in [-0.39, 0.29) is 6.10 Å². The summed E-state index contributed by atoms with van der Waals surface area (Å²) in [5, 5.41) is 0. The van der Waals surface area contributed by atoms with Crippen molar-refractivity contribution in [2.24, 2.45) is 0 Å². The number of aromatic nitrogens is 3. The lowest BCUT2D eigenvalue weighted by atomic mass is 10.1. The number of nitrogens with zero attached hydrogens (tertiary/aromatic N) is 3. The van der Waals surface area contributed by atoms with Crippen molar-refractivity contribution in [3.63, 3.8) is 0 Å².